The van der Waals surface area contributed by atoms with Gasteiger partial charge in [0.2, 0.25) is 5.91 Å². The van der Waals surface area contributed by atoms with Crippen molar-refractivity contribution in [3.8, 4) is 11.1 Å². The maximum atomic E-state index is 12.8. The molecule has 0 bridgehead atoms. The smallest absolute Gasteiger partial charge is 0.336 e. The zero-order valence-electron chi connectivity index (χ0n) is 22.0. The van der Waals surface area contributed by atoms with Gasteiger partial charge in [-0.3, -0.25) is 4.79 Å². The lowest BCUT2D eigenvalue weighted by molar-refractivity contribution is -0.120. The molecule has 200 valence electrons. The zero-order valence-corrected chi connectivity index (χ0v) is 22.9. The van der Waals surface area contributed by atoms with Gasteiger partial charge in [0.1, 0.15) is 5.82 Å². The van der Waals surface area contributed by atoms with E-state index in [1.54, 1.807) is 12.1 Å². The van der Waals surface area contributed by atoms with Crippen LogP contribution in [-0.2, 0) is 24.3 Å². The first kappa shape index (κ1) is 26.5. The van der Waals surface area contributed by atoms with Gasteiger partial charge in [-0.2, -0.15) is 12.6 Å². The number of nitrogens with zero attached hydrogens (tertiary/aromatic N) is 2. The topological polar surface area (TPSA) is 84.2 Å². The molecule has 1 aromatic heterocycles. The summed E-state index contributed by atoms with van der Waals surface area (Å²) in [6.07, 6.45) is 8.65. The number of aromatic nitrogens is 2. The van der Waals surface area contributed by atoms with Gasteiger partial charge in [-0.05, 0) is 54.4 Å². The minimum Gasteiger partial charge on any atom is -0.478 e. The Labute approximate surface area is 230 Å². The van der Waals surface area contributed by atoms with Crippen LogP contribution in [0.25, 0.3) is 11.1 Å². The second-order valence-electron chi connectivity index (χ2n) is 10.8. The van der Waals surface area contributed by atoms with Gasteiger partial charge in [0.25, 0.3) is 0 Å². The molecule has 2 saturated carbocycles. The van der Waals surface area contributed by atoms with Crippen LogP contribution in [0.1, 0.15) is 90.9 Å². The molecular formula is C31H37N3O3S. The van der Waals surface area contributed by atoms with Crippen molar-refractivity contribution >= 4 is 24.5 Å². The normalized spacial score (nSPS) is 15.8. The van der Waals surface area contributed by atoms with Gasteiger partial charge in [-0.1, -0.05) is 68.7 Å². The first-order valence-electron chi connectivity index (χ1n) is 13.9. The van der Waals surface area contributed by atoms with Crippen molar-refractivity contribution < 1.29 is 14.7 Å². The Morgan fingerprint density at radius 3 is 2.50 bits per heavy atom. The largest absolute Gasteiger partial charge is 0.478 e. The molecule has 1 atom stereocenters. The summed E-state index contributed by atoms with van der Waals surface area (Å²) in [6, 6.07) is 15.2. The van der Waals surface area contributed by atoms with E-state index in [9.17, 15) is 14.7 Å². The molecule has 1 amide bonds. The van der Waals surface area contributed by atoms with Crippen molar-refractivity contribution in [2.75, 3.05) is 0 Å². The number of carbonyl (C=O) groups is 2. The van der Waals surface area contributed by atoms with Crippen LogP contribution in [0, 0.1) is 5.92 Å². The third kappa shape index (κ3) is 6.32. The number of amides is 1. The second kappa shape index (κ2) is 11.8. The summed E-state index contributed by atoms with van der Waals surface area (Å²) >= 11 is 4.58. The van der Waals surface area contributed by atoms with E-state index in [4.69, 9.17) is 4.98 Å². The highest BCUT2D eigenvalue weighted by atomic mass is 32.1. The number of unbranched alkanes of at least 4 members (excludes halogenated alkanes) is 1. The minimum absolute atomic E-state index is 0.00582. The van der Waals surface area contributed by atoms with Gasteiger partial charge in [0, 0.05) is 18.9 Å². The van der Waals surface area contributed by atoms with Crippen LogP contribution in [0.2, 0.25) is 0 Å². The maximum absolute atomic E-state index is 12.8. The molecule has 2 aliphatic carbocycles. The van der Waals surface area contributed by atoms with Crippen molar-refractivity contribution in [3.05, 3.63) is 76.9 Å². The number of aromatic carboxylic acids is 1. The Balaban J connectivity index is 1.39. The molecule has 2 aliphatic rings. The highest BCUT2D eigenvalue weighted by molar-refractivity contribution is 7.81. The number of benzene rings is 2. The number of carboxylic acid groups (broad SMARTS) is 1. The van der Waals surface area contributed by atoms with E-state index in [2.05, 4.69) is 41.6 Å². The van der Waals surface area contributed by atoms with Crippen LogP contribution in [0.15, 0.2) is 48.5 Å². The molecule has 7 heteroatoms. The van der Waals surface area contributed by atoms with E-state index in [1.165, 1.54) is 12.8 Å². The summed E-state index contributed by atoms with van der Waals surface area (Å²) in [6.45, 7) is 3.32. The number of nitrogens with one attached hydrogen (secondary N) is 1. The molecular weight excluding hydrogens is 494 g/mol. The molecule has 0 spiro atoms. The number of aryl methyl sites for hydroxylation is 1. The van der Waals surface area contributed by atoms with Crippen LogP contribution in [0.4, 0.5) is 0 Å². The SMILES string of the molecule is CCCCc1nc(C2CC2)c(CNC(=O)[C@@H](S)CC2CC2)n1Cc1ccc(-c2ccccc2C(=O)O)cc1. The summed E-state index contributed by atoms with van der Waals surface area (Å²) in [4.78, 5) is 29.6. The lowest BCUT2D eigenvalue weighted by atomic mass is 9.98. The lowest BCUT2D eigenvalue weighted by Gasteiger charge is -2.16. The Hall–Kier alpha value is -3.06. The first-order valence-corrected chi connectivity index (χ1v) is 14.4. The van der Waals surface area contributed by atoms with E-state index < -0.39 is 5.97 Å². The molecule has 6 nitrogen and oxygen atoms in total. The summed E-state index contributed by atoms with van der Waals surface area (Å²) in [5, 5.41) is 12.5. The molecule has 0 aliphatic heterocycles. The van der Waals surface area contributed by atoms with Crippen LogP contribution in [-0.4, -0.2) is 31.8 Å². The van der Waals surface area contributed by atoms with Gasteiger partial charge in [-0.15, -0.1) is 0 Å². The lowest BCUT2D eigenvalue weighted by Crippen LogP contribution is -2.32. The van der Waals surface area contributed by atoms with Crippen LogP contribution in [0.3, 0.4) is 0 Å². The standard InChI is InChI=1S/C31H37N3O3S/c1-2-3-8-28-33-29(23-15-16-23)26(18-32-30(35)27(38)17-20-9-10-20)34(28)19-21-11-13-22(14-12-21)24-6-4-5-7-25(24)31(36)37/h4-7,11-14,20,23,27,38H,2-3,8-10,15-19H2,1H3,(H,32,35)(H,36,37)/t27-/m0/s1. The molecule has 2 fully saturated rings. The number of hydrogen-bond donors (Lipinski definition) is 3. The van der Waals surface area contributed by atoms with Crippen molar-refractivity contribution in [2.24, 2.45) is 5.92 Å². The third-order valence-electron chi connectivity index (χ3n) is 7.65. The van der Waals surface area contributed by atoms with Crippen molar-refractivity contribution in [2.45, 2.75) is 82.5 Å². The molecule has 2 N–H and O–H groups in total. The fourth-order valence-electron chi connectivity index (χ4n) is 5.10. The molecule has 1 heterocycles. The zero-order chi connectivity index (χ0) is 26.6. The summed E-state index contributed by atoms with van der Waals surface area (Å²) < 4.78 is 2.30. The van der Waals surface area contributed by atoms with E-state index >= 15 is 0 Å². The number of carboxylic acids is 1. The predicted octanol–water partition coefficient (Wildman–Crippen LogP) is 6.23. The quantitative estimate of drug-likeness (QED) is 0.228. The van der Waals surface area contributed by atoms with Gasteiger partial charge >= 0.3 is 5.97 Å². The number of hydrogen-bond acceptors (Lipinski definition) is 4. The van der Waals surface area contributed by atoms with Crippen molar-refractivity contribution in [1.29, 1.82) is 0 Å². The predicted molar refractivity (Wildman–Crippen MR) is 153 cm³/mol. The molecule has 3 aromatic rings. The Kier molecular flexibility index (Phi) is 8.22. The van der Waals surface area contributed by atoms with E-state index in [-0.39, 0.29) is 11.2 Å². The first-order chi connectivity index (χ1) is 18.4. The van der Waals surface area contributed by atoms with Gasteiger partial charge in [0.05, 0.1) is 28.7 Å². The fraction of sp³-hybridized carbons (Fsp3) is 0.452. The molecule has 5 rings (SSSR count). The Morgan fingerprint density at radius 2 is 1.84 bits per heavy atom. The van der Waals surface area contributed by atoms with Gasteiger partial charge < -0.3 is 15.0 Å². The molecule has 38 heavy (non-hydrogen) atoms. The van der Waals surface area contributed by atoms with Gasteiger partial charge in [0.15, 0.2) is 0 Å². The number of rotatable bonds is 13. The van der Waals surface area contributed by atoms with Crippen molar-refractivity contribution in [1.82, 2.24) is 14.9 Å². The number of carbonyl (C=O) groups excluding carboxylic acids is 1. The van der Waals surface area contributed by atoms with Crippen LogP contribution < -0.4 is 5.32 Å². The highest BCUT2D eigenvalue weighted by Crippen LogP contribution is 2.42. The second-order valence-corrected chi connectivity index (χ2v) is 11.4. The maximum Gasteiger partial charge on any atom is 0.336 e. The van der Waals surface area contributed by atoms with Crippen LogP contribution >= 0.6 is 12.6 Å². The minimum atomic E-state index is -0.927. The Morgan fingerprint density at radius 1 is 1.11 bits per heavy atom. The average Bonchev–Trinajstić information content (AvgIpc) is 3.86. The van der Waals surface area contributed by atoms with E-state index in [1.807, 2.05) is 24.3 Å². The van der Waals surface area contributed by atoms with E-state index in [0.717, 1.165) is 66.9 Å². The monoisotopic (exact) mass is 531 g/mol. The van der Waals surface area contributed by atoms with E-state index in [0.29, 0.717) is 36.1 Å². The van der Waals surface area contributed by atoms with Gasteiger partial charge in [-0.25, -0.2) is 9.78 Å². The fourth-order valence-corrected chi connectivity index (χ4v) is 5.49. The summed E-state index contributed by atoms with van der Waals surface area (Å²) in [7, 11) is 0. The van der Waals surface area contributed by atoms with Crippen LogP contribution in [0.5, 0.6) is 0 Å². The molecule has 0 saturated heterocycles. The summed E-state index contributed by atoms with van der Waals surface area (Å²) in [5.74, 6) is 1.30. The summed E-state index contributed by atoms with van der Waals surface area (Å²) in [5.41, 5.74) is 5.26. The van der Waals surface area contributed by atoms with Crippen molar-refractivity contribution in [3.63, 3.8) is 0 Å². The molecule has 0 unspecified atom stereocenters. The molecule has 2 aromatic carbocycles. The third-order valence-corrected chi connectivity index (χ3v) is 8.10. The number of imidazole rings is 1. The number of thiol groups is 1. The highest BCUT2D eigenvalue weighted by Gasteiger charge is 2.32. The Bertz CT molecular complexity index is 1290. The molecule has 0 radical (unpaired) electrons. The average molecular weight is 532 g/mol.